The Bertz CT molecular complexity index is 191. The van der Waals surface area contributed by atoms with E-state index in [1.807, 2.05) is 0 Å². The highest BCUT2D eigenvalue weighted by Crippen LogP contribution is 2.20. The van der Waals surface area contributed by atoms with Crippen molar-refractivity contribution >= 4 is 0 Å². The smallest absolute Gasteiger partial charge is 0.0622 e. The van der Waals surface area contributed by atoms with Crippen LogP contribution in [0.15, 0.2) is 0 Å². The lowest BCUT2D eigenvalue weighted by atomic mass is 9.94. The lowest BCUT2D eigenvalue weighted by molar-refractivity contribution is 0.0959. The molecule has 1 rings (SSSR count). The van der Waals surface area contributed by atoms with E-state index < -0.39 is 0 Å². The molecule has 0 radical (unpaired) electrons. The van der Waals surface area contributed by atoms with E-state index in [1.165, 1.54) is 12.8 Å². The van der Waals surface area contributed by atoms with Crippen LogP contribution in [0.4, 0.5) is 0 Å². The van der Waals surface area contributed by atoms with Crippen LogP contribution in [0.25, 0.3) is 0 Å². The Hall–Kier alpha value is -0.120. The highest BCUT2D eigenvalue weighted by atomic mass is 16.5. The van der Waals surface area contributed by atoms with E-state index in [0.29, 0.717) is 23.9 Å². The number of rotatable bonds is 8. The summed E-state index contributed by atoms with van der Waals surface area (Å²) in [5.41, 5.74) is 0. The van der Waals surface area contributed by atoms with Crippen LogP contribution in [-0.2, 0) is 9.47 Å². The first-order chi connectivity index (χ1) is 8.19. The van der Waals surface area contributed by atoms with Gasteiger partial charge in [0, 0.05) is 25.3 Å². The maximum Gasteiger partial charge on any atom is 0.0622 e. The molecule has 3 nitrogen and oxygen atoms in total. The lowest BCUT2D eigenvalue weighted by Gasteiger charge is -2.30. The normalized spacial score (nSPS) is 24.2. The Morgan fingerprint density at radius 3 is 2.59 bits per heavy atom. The molecule has 102 valence electrons. The first-order valence-corrected chi connectivity index (χ1v) is 7.10. The van der Waals surface area contributed by atoms with Crippen LogP contribution in [-0.4, -0.2) is 38.5 Å². The fraction of sp³-hybridized carbons (Fsp3) is 1.00. The monoisotopic (exact) mass is 243 g/mol. The summed E-state index contributed by atoms with van der Waals surface area (Å²) in [4.78, 5) is 0. The van der Waals surface area contributed by atoms with E-state index in [-0.39, 0.29) is 0 Å². The standard InChI is InChI=1S/C14H29NO2/c1-5-13(12-7-8-17-9-12)15-14(11(3)4)10-16-6-2/h11-15H,5-10H2,1-4H3. The Morgan fingerprint density at radius 1 is 1.35 bits per heavy atom. The minimum atomic E-state index is 0.459. The number of hydrogen-bond donors (Lipinski definition) is 1. The summed E-state index contributed by atoms with van der Waals surface area (Å²) in [7, 11) is 0. The molecule has 0 amide bonds. The first-order valence-electron chi connectivity index (χ1n) is 7.10. The van der Waals surface area contributed by atoms with Gasteiger partial charge in [0.1, 0.15) is 0 Å². The molecular formula is C14H29NO2. The molecule has 1 aliphatic rings. The molecule has 1 N–H and O–H groups in total. The second kappa shape index (κ2) is 8.06. The molecule has 0 aliphatic carbocycles. The van der Waals surface area contributed by atoms with Gasteiger partial charge in [0.15, 0.2) is 0 Å². The molecule has 1 heterocycles. The van der Waals surface area contributed by atoms with Gasteiger partial charge in [0.05, 0.1) is 13.2 Å². The zero-order valence-corrected chi connectivity index (χ0v) is 11.9. The van der Waals surface area contributed by atoms with Crippen molar-refractivity contribution in [3.63, 3.8) is 0 Å². The Morgan fingerprint density at radius 2 is 2.12 bits per heavy atom. The van der Waals surface area contributed by atoms with Gasteiger partial charge >= 0.3 is 0 Å². The maximum atomic E-state index is 5.57. The molecule has 0 aromatic carbocycles. The van der Waals surface area contributed by atoms with Crippen molar-refractivity contribution in [3.8, 4) is 0 Å². The van der Waals surface area contributed by atoms with Gasteiger partial charge in [-0.15, -0.1) is 0 Å². The zero-order chi connectivity index (χ0) is 12.7. The van der Waals surface area contributed by atoms with E-state index >= 15 is 0 Å². The van der Waals surface area contributed by atoms with Crippen LogP contribution in [0.5, 0.6) is 0 Å². The van der Waals surface area contributed by atoms with Gasteiger partial charge in [-0.2, -0.15) is 0 Å². The lowest BCUT2D eigenvalue weighted by Crippen LogP contribution is -2.47. The fourth-order valence-corrected chi connectivity index (χ4v) is 2.41. The molecule has 1 fully saturated rings. The van der Waals surface area contributed by atoms with Crippen molar-refractivity contribution < 1.29 is 9.47 Å². The van der Waals surface area contributed by atoms with E-state index in [4.69, 9.17) is 9.47 Å². The molecule has 1 aliphatic heterocycles. The van der Waals surface area contributed by atoms with Crippen molar-refractivity contribution in [1.29, 1.82) is 0 Å². The third-order valence-corrected chi connectivity index (χ3v) is 3.71. The van der Waals surface area contributed by atoms with Crippen molar-refractivity contribution in [2.45, 2.75) is 52.6 Å². The van der Waals surface area contributed by atoms with Crippen molar-refractivity contribution in [3.05, 3.63) is 0 Å². The van der Waals surface area contributed by atoms with Crippen molar-refractivity contribution in [2.24, 2.45) is 11.8 Å². The van der Waals surface area contributed by atoms with E-state index in [1.54, 1.807) is 0 Å². The van der Waals surface area contributed by atoms with E-state index in [9.17, 15) is 0 Å². The molecule has 3 unspecified atom stereocenters. The second-order valence-electron chi connectivity index (χ2n) is 5.32. The maximum absolute atomic E-state index is 5.57. The molecule has 1 saturated heterocycles. The summed E-state index contributed by atoms with van der Waals surface area (Å²) >= 11 is 0. The molecule has 0 aromatic heterocycles. The molecule has 0 aromatic rings. The first kappa shape index (κ1) is 14.9. The summed E-state index contributed by atoms with van der Waals surface area (Å²) in [6.07, 6.45) is 2.37. The third-order valence-electron chi connectivity index (χ3n) is 3.71. The highest BCUT2D eigenvalue weighted by Gasteiger charge is 2.27. The SMILES string of the molecule is CCOCC(NC(CC)C1CCOC1)C(C)C. The van der Waals surface area contributed by atoms with Gasteiger partial charge in [-0.25, -0.2) is 0 Å². The average Bonchev–Trinajstić information content (AvgIpc) is 2.82. The van der Waals surface area contributed by atoms with Crippen molar-refractivity contribution in [1.82, 2.24) is 5.32 Å². The second-order valence-corrected chi connectivity index (χ2v) is 5.32. The Kier molecular flexibility index (Phi) is 7.09. The number of ether oxygens (including phenoxy) is 2. The predicted octanol–water partition coefficient (Wildman–Crippen LogP) is 2.45. The molecule has 3 heteroatoms. The van der Waals surface area contributed by atoms with Gasteiger partial charge in [-0.1, -0.05) is 20.8 Å². The van der Waals surface area contributed by atoms with Gasteiger partial charge < -0.3 is 14.8 Å². The molecule has 0 saturated carbocycles. The van der Waals surface area contributed by atoms with Crippen LogP contribution in [0, 0.1) is 11.8 Å². The van der Waals surface area contributed by atoms with Crippen LogP contribution in [0.1, 0.15) is 40.5 Å². The van der Waals surface area contributed by atoms with Crippen LogP contribution < -0.4 is 5.32 Å². The summed E-state index contributed by atoms with van der Waals surface area (Å²) in [5.74, 6) is 1.29. The van der Waals surface area contributed by atoms with Crippen LogP contribution >= 0.6 is 0 Å². The quantitative estimate of drug-likeness (QED) is 0.710. The molecule has 3 atom stereocenters. The Labute approximate surface area is 106 Å². The predicted molar refractivity (Wildman–Crippen MR) is 71.3 cm³/mol. The van der Waals surface area contributed by atoms with Gasteiger partial charge in [-0.3, -0.25) is 0 Å². The molecule has 0 spiro atoms. The van der Waals surface area contributed by atoms with Gasteiger partial charge in [0.25, 0.3) is 0 Å². The van der Waals surface area contributed by atoms with Crippen LogP contribution in [0.3, 0.4) is 0 Å². The van der Waals surface area contributed by atoms with Gasteiger partial charge in [-0.05, 0) is 31.6 Å². The number of nitrogens with one attached hydrogen (secondary N) is 1. The van der Waals surface area contributed by atoms with Gasteiger partial charge in [0.2, 0.25) is 0 Å². The van der Waals surface area contributed by atoms with Crippen molar-refractivity contribution in [2.75, 3.05) is 26.4 Å². The minimum absolute atomic E-state index is 0.459. The zero-order valence-electron chi connectivity index (χ0n) is 11.9. The van der Waals surface area contributed by atoms with E-state index in [2.05, 4.69) is 33.0 Å². The summed E-state index contributed by atoms with van der Waals surface area (Å²) < 4.78 is 11.1. The largest absolute Gasteiger partial charge is 0.381 e. The molecular weight excluding hydrogens is 214 g/mol. The minimum Gasteiger partial charge on any atom is -0.381 e. The van der Waals surface area contributed by atoms with E-state index in [0.717, 1.165) is 26.4 Å². The third kappa shape index (κ3) is 4.94. The topological polar surface area (TPSA) is 30.5 Å². The van der Waals surface area contributed by atoms with Crippen LogP contribution in [0.2, 0.25) is 0 Å². The Balaban J connectivity index is 2.44. The summed E-state index contributed by atoms with van der Waals surface area (Å²) in [6, 6.07) is 1.03. The summed E-state index contributed by atoms with van der Waals surface area (Å²) in [5, 5.41) is 3.77. The average molecular weight is 243 g/mol. The highest BCUT2D eigenvalue weighted by molar-refractivity contribution is 4.83. The molecule has 17 heavy (non-hydrogen) atoms. The summed E-state index contributed by atoms with van der Waals surface area (Å²) in [6.45, 7) is 12.3. The molecule has 0 bridgehead atoms. The number of hydrogen-bond acceptors (Lipinski definition) is 3. The fourth-order valence-electron chi connectivity index (χ4n) is 2.41.